The fraction of sp³-hybridized carbons (Fsp3) is 0.294. The zero-order valence-electron chi connectivity index (χ0n) is 10.9. The SMILES string of the molecule is Cc1cc(C(Cl)C2(c3ccccc3)CC2)ccc1F. The van der Waals surface area contributed by atoms with E-state index >= 15 is 0 Å². The van der Waals surface area contributed by atoms with Gasteiger partial charge in [0.15, 0.2) is 0 Å². The van der Waals surface area contributed by atoms with Crippen molar-refractivity contribution in [1.82, 2.24) is 0 Å². The van der Waals surface area contributed by atoms with Crippen molar-refractivity contribution in [3.63, 3.8) is 0 Å². The molecule has 0 bridgehead atoms. The predicted octanol–water partition coefficient (Wildman–Crippen LogP) is 5.15. The molecule has 0 aromatic heterocycles. The van der Waals surface area contributed by atoms with Crippen LogP contribution >= 0.6 is 11.6 Å². The lowest BCUT2D eigenvalue weighted by atomic mass is 9.88. The quantitative estimate of drug-likeness (QED) is 0.680. The maximum absolute atomic E-state index is 13.4. The molecule has 3 rings (SSSR count). The summed E-state index contributed by atoms with van der Waals surface area (Å²) in [5, 5.41) is -0.0887. The molecule has 19 heavy (non-hydrogen) atoms. The predicted molar refractivity (Wildman–Crippen MR) is 77.1 cm³/mol. The summed E-state index contributed by atoms with van der Waals surface area (Å²) in [6.45, 7) is 1.78. The van der Waals surface area contributed by atoms with E-state index in [0.29, 0.717) is 5.56 Å². The first-order valence-electron chi connectivity index (χ1n) is 6.59. The molecular weight excluding hydrogens is 259 g/mol. The Labute approximate surface area is 118 Å². The van der Waals surface area contributed by atoms with Crippen LogP contribution in [-0.2, 0) is 5.41 Å². The van der Waals surface area contributed by atoms with Crippen LogP contribution in [-0.4, -0.2) is 0 Å². The molecule has 1 fully saturated rings. The molecule has 1 atom stereocenters. The minimum absolute atomic E-state index is 0.0348. The van der Waals surface area contributed by atoms with Crippen LogP contribution < -0.4 is 0 Å². The highest BCUT2D eigenvalue weighted by Crippen LogP contribution is 2.59. The number of hydrogen-bond donors (Lipinski definition) is 0. The molecule has 0 saturated heterocycles. The lowest BCUT2D eigenvalue weighted by molar-refractivity contribution is 0.613. The molecule has 0 heterocycles. The van der Waals surface area contributed by atoms with E-state index in [0.717, 1.165) is 18.4 Å². The van der Waals surface area contributed by atoms with E-state index < -0.39 is 0 Å². The van der Waals surface area contributed by atoms with Gasteiger partial charge in [0.25, 0.3) is 0 Å². The summed E-state index contributed by atoms with van der Waals surface area (Å²) >= 11 is 6.70. The highest BCUT2D eigenvalue weighted by Gasteiger charge is 2.50. The molecule has 0 amide bonds. The first-order chi connectivity index (χ1) is 9.13. The van der Waals surface area contributed by atoms with Crippen molar-refractivity contribution in [1.29, 1.82) is 0 Å². The number of benzene rings is 2. The largest absolute Gasteiger partial charge is 0.207 e. The monoisotopic (exact) mass is 274 g/mol. The van der Waals surface area contributed by atoms with Crippen molar-refractivity contribution in [2.24, 2.45) is 0 Å². The molecule has 0 N–H and O–H groups in total. The molecule has 1 aliphatic carbocycles. The first-order valence-corrected chi connectivity index (χ1v) is 7.03. The molecular formula is C17H16ClF. The van der Waals surface area contributed by atoms with Crippen molar-refractivity contribution in [2.45, 2.75) is 30.6 Å². The lowest BCUT2D eigenvalue weighted by Gasteiger charge is -2.23. The maximum Gasteiger partial charge on any atom is 0.126 e. The Kier molecular flexibility index (Phi) is 3.10. The Morgan fingerprint density at radius 2 is 1.79 bits per heavy atom. The smallest absolute Gasteiger partial charge is 0.126 e. The Bertz CT molecular complexity index is 587. The van der Waals surface area contributed by atoms with Crippen LogP contribution in [0.15, 0.2) is 48.5 Å². The second-order valence-electron chi connectivity index (χ2n) is 5.39. The Morgan fingerprint density at radius 3 is 2.37 bits per heavy atom. The summed E-state index contributed by atoms with van der Waals surface area (Å²) in [6, 6.07) is 15.6. The second kappa shape index (κ2) is 4.64. The highest BCUT2D eigenvalue weighted by atomic mass is 35.5. The molecule has 1 saturated carbocycles. The highest BCUT2D eigenvalue weighted by molar-refractivity contribution is 6.22. The fourth-order valence-corrected chi connectivity index (χ4v) is 3.22. The summed E-state index contributed by atoms with van der Waals surface area (Å²) in [7, 11) is 0. The summed E-state index contributed by atoms with van der Waals surface area (Å²) in [5.74, 6) is -0.169. The van der Waals surface area contributed by atoms with Crippen LogP contribution in [0.4, 0.5) is 4.39 Å². The van der Waals surface area contributed by atoms with Gasteiger partial charge in [-0.1, -0.05) is 42.5 Å². The number of halogens is 2. The van der Waals surface area contributed by atoms with Gasteiger partial charge >= 0.3 is 0 Å². The van der Waals surface area contributed by atoms with E-state index in [1.54, 1.807) is 6.92 Å². The van der Waals surface area contributed by atoms with Crippen molar-refractivity contribution < 1.29 is 4.39 Å². The molecule has 1 unspecified atom stereocenters. The average molecular weight is 275 g/mol. The van der Waals surface area contributed by atoms with Gasteiger partial charge in [-0.05, 0) is 42.5 Å². The standard InChI is InChI=1S/C17H16ClF/c1-12-11-13(7-8-15(12)19)16(18)17(9-10-17)14-5-3-2-4-6-14/h2-8,11,16H,9-10H2,1H3. The Hall–Kier alpha value is -1.34. The van der Waals surface area contributed by atoms with Gasteiger partial charge < -0.3 is 0 Å². The van der Waals surface area contributed by atoms with Crippen molar-refractivity contribution >= 4 is 11.6 Å². The first kappa shape index (κ1) is 12.7. The number of hydrogen-bond acceptors (Lipinski definition) is 0. The second-order valence-corrected chi connectivity index (χ2v) is 5.83. The van der Waals surface area contributed by atoms with Gasteiger partial charge in [-0.2, -0.15) is 0 Å². The molecule has 0 aliphatic heterocycles. The molecule has 2 aromatic carbocycles. The van der Waals surface area contributed by atoms with Crippen molar-refractivity contribution in [3.05, 3.63) is 71.0 Å². The van der Waals surface area contributed by atoms with Crippen LogP contribution in [0.2, 0.25) is 0 Å². The Balaban J connectivity index is 1.96. The lowest BCUT2D eigenvalue weighted by Crippen LogP contribution is -2.14. The molecule has 1 aliphatic rings. The summed E-state index contributed by atoms with van der Waals surface area (Å²) in [5.41, 5.74) is 3.00. The molecule has 0 nitrogen and oxygen atoms in total. The molecule has 2 aromatic rings. The third-order valence-electron chi connectivity index (χ3n) is 4.10. The van der Waals surface area contributed by atoms with Gasteiger partial charge in [0.05, 0.1) is 5.38 Å². The van der Waals surface area contributed by atoms with Crippen LogP contribution in [0.5, 0.6) is 0 Å². The van der Waals surface area contributed by atoms with Crippen LogP contribution in [0.3, 0.4) is 0 Å². The molecule has 2 heteroatoms. The maximum atomic E-state index is 13.4. The van der Waals surface area contributed by atoms with Gasteiger partial charge in [-0.25, -0.2) is 4.39 Å². The minimum atomic E-state index is -0.169. The van der Waals surface area contributed by atoms with E-state index in [9.17, 15) is 4.39 Å². The Morgan fingerprint density at radius 1 is 1.11 bits per heavy atom. The van der Waals surface area contributed by atoms with E-state index in [2.05, 4.69) is 24.3 Å². The normalized spacial score (nSPS) is 18.1. The van der Waals surface area contributed by atoms with Gasteiger partial charge in [0.1, 0.15) is 5.82 Å². The number of aryl methyl sites for hydroxylation is 1. The van der Waals surface area contributed by atoms with Crippen LogP contribution in [0.25, 0.3) is 0 Å². The van der Waals surface area contributed by atoms with Crippen molar-refractivity contribution in [3.8, 4) is 0 Å². The number of rotatable bonds is 3. The summed E-state index contributed by atoms with van der Waals surface area (Å²) < 4.78 is 13.4. The third kappa shape index (κ3) is 2.17. The van der Waals surface area contributed by atoms with Gasteiger partial charge in [0.2, 0.25) is 0 Å². The van der Waals surface area contributed by atoms with Crippen molar-refractivity contribution in [2.75, 3.05) is 0 Å². The van der Waals surface area contributed by atoms with Gasteiger partial charge in [-0.15, -0.1) is 11.6 Å². The molecule has 0 radical (unpaired) electrons. The van der Waals surface area contributed by atoms with E-state index in [-0.39, 0.29) is 16.6 Å². The topological polar surface area (TPSA) is 0 Å². The van der Waals surface area contributed by atoms with Gasteiger partial charge in [0, 0.05) is 5.41 Å². The third-order valence-corrected chi connectivity index (χ3v) is 4.77. The van der Waals surface area contributed by atoms with Crippen LogP contribution in [0.1, 0.15) is 34.9 Å². The average Bonchev–Trinajstić information content (AvgIpc) is 3.24. The molecule has 0 spiro atoms. The summed E-state index contributed by atoms with van der Waals surface area (Å²) in [6.07, 6.45) is 2.20. The van der Waals surface area contributed by atoms with E-state index in [4.69, 9.17) is 11.6 Å². The van der Waals surface area contributed by atoms with Crippen LogP contribution in [0, 0.1) is 12.7 Å². The number of alkyl halides is 1. The van der Waals surface area contributed by atoms with Gasteiger partial charge in [-0.3, -0.25) is 0 Å². The van der Waals surface area contributed by atoms with E-state index in [1.165, 1.54) is 11.6 Å². The summed E-state index contributed by atoms with van der Waals surface area (Å²) in [4.78, 5) is 0. The van der Waals surface area contributed by atoms with E-state index in [1.807, 2.05) is 18.2 Å². The fourth-order valence-electron chi connectivity index (χ4n) is 2.74. The zero-order chi connectivity index (χ0) is 13.5. The minimum Gasteiger partial charge on any atom is -0.207 e. The molecule has 98 valence electrons. The zero-order valence-corrected chi connectivity index (χ0v) is 11.6.